The van der Waals surface area contributed by atoms with Gasteiger partial charge >= 0.3 is 0 Å². The molecule has 24 heavy (non-hydrogen) atoms. The van der Waals surface area contributed by atoms with Crippen LogP contribution in [0.4, 0.5) is 11.6 Å². The fraction of sp³-hybridized carbons (Fsp3) is 0.444. The molecule has 0 amide bonds. The molecule has 1 aliphatic rings. The number of aromatic nitrogens is 2. The Morgan fingerprint density at radius 2 is 1.50 bits per heavy atom. The highest BCUT2D eigenvalue weighted by Gasteiger charge is 2.15. The van der Waals surface area contributed by atoms with Crippen LogP contribution in [0.3, 0.4) is 0 Å². The number of piperazine rings is 1. The summed E-state index contributed by atoms with van der Waals surface area (Å²) in [5.74, 6) is 2.06. The molecule has 1 fully saturated rings. The molecule has 5 nitrogen and oxygen atoms in total. The lowest BCUT2D eigenvalue weighted by Gasteiger charge is -2.33. The molecule has 2 aromatic rings. The Labute approximate surface area is 148 Å². The Morgan fingerprint density at radius 1 is 0.917 bits per heavy atom. The van der Waals surface area contributed by atoms with Gasteiger partial charge in [-0.25, -0.2) is 9.97 Å². The van der Waals surface area contributed by atoms with E-state index < -0.39 is 0 Å². The zero-order valence-electron chi connectivity index (χ0n) is 14.1. The number of nitrogens with zero attached hydrogens (tertiary/aromatic N) is 4. The van der Waals surface area contributed by atoms with E-state index in [-0.39, 0.29) is 0 Å². The number of likely N-dealkylation sites (N-methyl/N-ethyl adjacent to an activating group) is 1. The third-order valence-electron chi connectivity index (χ3n) is 4.38. The van der Waals surface area contributed by atoms with Gasteiger partial charge in [-0.1, -0.05) is 19.1 Å². The number of anilines is 2. The minimum atomic E-state index is 0.479. The van der Waals surface area contributed by atoms with Crippen LogP contribution in [0.25, 0.3) is 0 Å². The van der Waals surface area contributed by atoms with Crippen LogP contribution < -0.4 is 5.32 Å². The average molecular weight is 346 g/mol. The quantitative estimate of drug-likeness (QED) is 0.815. The first-order chi connectivity index (χ1) is 11.8. The number of halogens is 1. The largest absolute Gasteiger partial charge is 0.325 e. The van der Waals surface area contributed by atoms with E-state index in [4.69, 9.17) is 11.6 Å². The van der Waals surface area contributed by atoms with Crippen LogP contribution >= 0.6 is 11.6 Å². The molecule has 1 aliphatic heterocycles. The summed E-state index contributed by atoms with van der Waals surface area (Å²) in [6.07, 6.45) is 3.72. The van der Waals surface area contributed by atoms with Gasteiger partial charge in [-0.15, -0.1) is 11.6 Å². The third-order valence-corrected chi connectivity index (χ3v) is 4.69. The zero-order valence-corrected chi connectivity index (χ0v) is 14.8. The highest BCUT2D eigenvalue weighted by molar-refractivity contribution is 6.17. The summed E-state index contributed by atoms with van der Waals surface area (Å²) in [7, 11) is 0. The molecule has 0 saturated carbocycles. The number of hydrogen-bond acceptors (Lipinski definition) is 5. The topological polar surface area (TPSA) is 44.3 Å². The second-order valence-corrected chi connectivity index (χ2v) is 6.34. The molecule has 0 atom stereocenters. The predicted octanol–water partition coefficient (Wildman–Crippen LogP) is 3.10. The van der Waals surface area contributed by atoms with E-state index in [1.165, 1.54) is 5.56 Å². The van der Waals surface area contributed by atoms with E-state index in [1.54, 1.807) is 6.20 Å². The Kier molecular flexibility index (Phi) is 6.01. The molecule has 128 valence electrons. The predicted molar refractivity (Wildman–Crippen MR) is 98.7 cm³/mol. The van der Waals surface area contributed by atoms with Gasteiger partial charge in [0.05, 0.1) is 0 Å². The summed E-state index contributed by atoms with van der Waals surface area (Å²) in [5, 5.41) is 3.21. The molecule has 1 N–H and O–H groups in total. The van der Waals surface area contributed by atoms with Crippen LogP contribution in [0.5, 0.6) is 0 Å². The molecule has 1 saturated heterocycles. The van der Waals surface area contributed by atoms with Gasteiger partial charge in [0, 0.05) is 51.0 Å². The van der Waals surface area contributed by atoms with Crippen molar-refractivity contribution in [3.8, 4) is 0 Å². The van der Waals surface area contributed by atoms with Crippen molar-refractivity contribution < 1.29 is 0 Å². The van der Waals surface area contributed by atoms with Crippen LogP contribution in [-0.2, 0) is 12.4 Å². The standard InChI is InChI=1S/C18H24ClN5/c1-2-23-7-9-24(10-8-23)14-16-4-6-18(21-13-16)22-17-5-3-15(11-19)12-20-17/h3-6,12-13H,2,7-11,14H2,1H3,(H,20,21,22). The van der Waals surface area contributed by atoms with Crippen molar-refractivity contribution in [2.45, 2.75) is 19.3 Å². The van der Waals surface area contributed by atoms with E-state index in [2.05, 4.69) is 38.1 Å². The summed E-state index contributed by atoms with van der Waals surface area (Å²) in [5.41, 5.74) is 2.25. The van der Waals surface area contributed by atoms with Crippen LogP contribution in [0, 0.1) is 0 Å². The molecule has 6 heteroatoms. The number of alkyl halides is 1. The Bertz CT molecular complexity index is 621. The molecule has 0 unspecified atom stereocenters. The number of rotatable bonds is 6. The van der Waals surface area contributed by atoms with Crippen LogP contribution in [0.15, 0.2) is 36.7 Å². The Morgan fingerprint density at radius 3 is 2.00 bits per heavy atom. The zero-order chi connectivity index (χ0) is 16.8. The molecular formula is C18H24ClN5. The first-order valence-corrected chi connectivity index (χ1v) is 8.98. The molecule has 2 aromatic heterocycles. The molecule has 3 rings (SSSR count). The van der Waals surface area contributed by atoms with E-state index >= 15 is 0 Å². The van der Waals surface area contributed by atoms with Crippen molar-refractivity contribution in [3.63, 3.8) is 0 Å². The Balaban J connectivity index is 1.53. The van der Waals surface area contributed by atoms with Crippen molar-refractivity contribution in [2.75, 3.05) is 38.0 Å². The van der Waals surface area contributed by atoms with E-state index in [9.17, 15) is 0 Å². The lowest BCUT2D eigenvalue weighted by atomic mass is 10.2. The summed E-state index contributed by atoms with van der Waals surface area (Å²) >= 11 is 5.77. The lowest BCUT2D eigenvalue weighted by molar-refractivity contribution is 0.132. The van der Waals surface area contributed by atoms with Gasteiger partial charge in [-0.3, -0.25) is 4.90 Å². The van der Waals surface area contributed by atoms with Gasteiger partial charge < -0.3 is 10.2 Å². The molecule has 0 aliphatic carbocycles. The maximum Gasteiger partial charge on any atom is 0.131 e. The van der Waals surface area contributed by atoms with E-state index in [0.717, 1.165) is 56.5 Å². The fourth-order valence-corrected chi connectivity index (χ4v) is 2.98. The second kappa shape index (κ2) is 8.42. The van der Waals surface area contributed by atoms with Gasteiger partial charge in [0.25, 0.3) is 0 Å². The minimum Gasteiger partial charge on any atom is -0.325 e. The second-order valence-electron chi connectivity index (χ2n) is 6.07. The molecule has 0 bridgehead atoms. The highest BCUT2D eigenvalue weighted by Crippen LogP contribution is 2.15. The van der Waals surface area contributed by atoms with Crippen molar-refractivity contribution in [1.82, 2.24) is 19.8 Å². The smallest absolute Gasteiger partial charge is 0.131 e. The van der Waals surface area contributed by atoms with Gasteiger partial charge in [0.1, 0.15) is 11.6 Å². The number of pyridine rings is 2. The summed E-state index contributed by atoms with van der Waals surface area (Å²) < 4.78 is 0. The average Bonchev–Trinajstić information content (AvgIpc) is 2.65. The van der Waals surface area contributed by atoms with Gasteiger partial charge in [-0.2, -0.15) is 0 Å². The molecule has 0 radical (unpaired) electrons. The van der Waals surface area contributed by atoms with Crippen LogP contribution in [0.2, 0.25) is 0 Å². The summed E-state index contributed by atoms with van der Waals surface area (Å²) in [6, 6.07) is 8.02. The first-order valence-electron chi connectivity index (χ1n) is 8.44. The van der Waals surface area contributed by atoms with Crippen LogP contribution in [-0.4, -0.2) is 52.5 Å². The van der Waals surface area contributed by atoms with Crippen molar-refractivity contribution in [1.29, 1.82) is 0 Å². The van der Waals surface area contributed by atoms with Crippen molar-refractivity contribution in [2.24, 2.45) is 0 Å². The molecule has 0 spiro atoms. The SMILES string of the molecule is CCN1CCN(Cc2ccc(Nc3ccc(CCl)cn3)nc2)CC1. The van der Waals surface area contributed by atoms with Gasteiger partial charge in [0.2, 0.25) is 0 Å². The fourth-order valence-electron chi connectivity index (χ4n) is 2.82. The third kappa shape index (κ3) is 4.66. The highest BCUT2D eigenvalue weighted by atomic mass is 35.5. The Hall–Kier alpha value is -1.69. The van der Waals surface area contributed by atoms with Gasteiger partial charge in [0.15, 0.2) is 0 Å². The number of hydrogen-bond donors (Lipinski definition) is 1. The summed E-state index contributed by atoms with van der Waals surface area (Å²) in [6.45, 7) is 8.92. The van der Waals surface area contributed by atoms with E-state index in [0.29, 0.717) is 5.88 Å². The van der Waals surface area contributed by atoms with Crippen molar-refractivity contribution in [3.05, 3.63) is 47.8 Å². The monoisotopic (exact) mass is 345 g/mol. The molecule has 3 heterocycles. The van der Waals surface area contributed by atoms with Crippen molar-refractivity contribution >= 4 is 23.2 Å². The molecule has 0 aromatic carbocycles. The molecular weight excluding hydrogens is 322 g/mol. The lowest BCUT2D eigenvalue weighted by Crippen LogP contribution is -2.45. The van der Waals surface area contributed by atoms with Gasteiger partial charge in [-0.05, 0) is 29.8 Å². The minimum absolute atomic E-state index is 0.479. The number of nitrogens with one attached hydrogen (secondary N) is 1. The maximum absolute atomic E-state index is 5.77. The normalized spacial score (nSPS) is 16.2. The summed E-state index contributed by atoms with van der Waals surface area (Å²) in [4.78, 5) is 13.8. The van der Waals surface area contributed by atoms with Crippen LogP contribution in [0.1, 0.15) is 18.1 Å². The maximum atomic E-state index is 5.77. The first kappa shape index (κ1) is 17.1. The van der Waals surface area contributed by atoms with E-state index in [1.807, 2.05) is 24.4 Å².